The van der Waals surface area contributed by atoms with Gasteiger partial charge in [-0.3, -0.25) is 24.3 Å². The molecule has 0 spiro atoms. The molecule has 27 heavy (non-hydrogen) atoms. The van der Waals surface area contributed by atoms with Gasteiger partial charge in [-0.1, -0.05) is 6.07 Å². The van der Waals surface area contributed by atoms with Gasteiger partial charge < -0.3 is 15.0 Å². The van der Waals surface area contributed by atoms with Gasteiger partial charge in [0.2, 0.25) is 0 Å². The Morgan fingerprint density at radius 3 is 2.78 bits per heavy atom. The molecule has 1 aliphatic rings. The maximum Gasteiger partial charge on any atom is 0.267 e. The molecule has 0 aliphatic carbocycles. The highest BCUT2D eigenvalue weighted by atomic mass is 16.5. The van der Waals surface area contributed by atoms with Gasteiger partial charge in [0.25, 0.3) is 11.5 Å². The highest BCUT2D eigenvalue weighted by Crippen LogP contribution is 2.10. The molecule has 0 unspecified atom stereocenters. The first-order valence-electron chi connectivity index (χ1n) is 8.76. The molecule has 1 fully saturated rings. The smallest absolute Gasteiger partial charge is 0.267 e. The van der Waals surface area contributed by atoms with Crippen LogP contribution in [0.25, 0.3) is 16.7 Å². The lowest BCUT2D eigenvalue weighted by Crippen LogP contribution is -2.40. The van der Waals surface area contributed by atoms with E-state index in [2.05, 4.69) is 9.88 Å². The molecule has 4 rings (SSSR count). The number of ether oxygens (including phenoxy) is 1. The quantitative estimate of drug-likeness (QED) is 0.605. The third-order valence-electron chi connectivity index (χ3n) is 4.83. The van der Waals surface area contributed by atoms with Crippen molar-refractivity contribution in [3.05, 3.63) is 51.9 Å². The lowest BCUT2D eigenvalue weighted by Gasteiger charge is -2.27. The van der Waals surface area contributed by atoms with E-state index in [-0.39, 0.29) is 22.0 Å². The van der Waals surface area contributed by atoms with E-state index in [1.165, 1.54) is 10.5 Å². The van der Waals surface area contributed by atoms with E-state index >= 15 is 0 Å². The second-order valence-corrected chi connectivity index (χ2v) is 6.46. The minimum Gasteiger partial charge on any atom is -0.379 e. The van der Waals surface area contributed by atoms with Crippen LogP contribution < -0.4 is 16.8 Å². The van der Waals surface area contributed by atoms with Gasteiger partial charge in [0.15, 0.2) is 0 Å². The van der Waals surface area contributed by atoms with Gasteiger partial charge in [0.1, 0.15) is 16.8 Å². The molecule has 1 saturated heterocycles. The van der Waals surface area contributed by atoms with Gasteiger partial charge in [-0.15, -0.1) is 0 Å². The predicted octanol–water partition coefficient (Wildman–Crippen LogP) is -0.440. The molecule has 0 bridgehead atoms. The highest BCUT2D eigenvalue weighted by molar-refractivity contribution is 5.95. The average Bonchev–Trinajstić information content (AvgIpc) is 2.68. The number of amides is 1. The summed E-state index contributed by atoms with van der Waals surface area (Å²) in [6.07, 6.45) is 1.63. The van der Waals surface area contributed by atoms with E-state index in [0.717, 1.165) is 13.1 Å². The molecule has 140 valence electrons. The molecule has 0 saturated carbocycles. The molecule has 0 atom stereocenters. The summed E-state index contributed by atoms with van der Waals surface area (Å²) in [6, 6.07) is 6.64. The van der Waals surface area contributed by atoms with Crippen LogP contribution in [0.2, 0.25) is 0 Å². The molecule has 3 aromatic rings. The summed E-state index contributed by atoms with van der Waals surface area (Å²) in [5, 5.41) is 8.69. The van der Waals surface area contributed by atoms with Crippen LogP contribution in [-0.2, 0) is 11.3 Å². The number of nitrogens with one attached hydrogen (secondary N) is 1. The van der Waals surface area contributed by atoms with E-state index < -0.39 is 5.91 Å². The number of carbonyl (C=O) groups is 1. The van der Waals surface area contributed by atoms with Crippen molar-refractivity contribution in [1.82, 2.24) is 18.9 Å². The van der Waals surface area contributed by atoms with E-state index in [0.29, 0.717) is 37.6 Å². The zero-order chi connectivity index (χ0) is 19.0. The standard InChI is InChI=1S/C18H20N6O3/c19-15-12(16(20)25)11-13-17(21-14-3-1-2-4-23(14)18(13)26)24(15)6-5-22-7-9-27-10-8-22/h1-4,11,19H,5-10H2,(H2,20,25). The van der Waals surface area contributed by atoms with E-state index in [1.54, 1.807) is 29.0 Å². The summed E-state index contributed by atoms with van der Waals surface area (Å²) in [7, 11) is 0. The molecule has 1 amide bonds. The molecule has 9 nitrogen and oxygen atoms in total. The first-order chi connectivity index (χ1) is 13.1. The van der Waals surface area contributed by atoms with Crippen LogP contribution in [0, 0.1) is 5.41 Å². The van der Waals surface area contributed by atoms with Gasteiger partial charge in [0, 0.05) is 32.4 Å². The maximum absolute atomic E-state index is 12.9. The zero-order valence-corrected chi connectivity index (χ0v) is 14.7. The summed E-state index contributed by atoms with van der Waals surface area (Å²) in [5.41, 5.74) is 6.01. The normalized spacial score (nSPS) is 15.4. The minimum absolute atomic E-state index is 0.0132. The first kappa shape index (κ1) is 17.4. The van der Waals surface area contributed by atoms with Crippen LogP contribution in [0.15, 0.2) is 35.3 Å². The second-order valence-electron chi connectivity index (χ2n) is 6.46. The first-order valence-corrected chi connectivity index (χ1v) is 8.76. The fourth-order valence-corrected chi connectivity index (χ4v) is 3.36. The monoisotopic (exact) mass is 368 g/mol. The van der Waals surface area contributed by atoms with Gasteiger partial charge >= 0.3 is 0 Å². The van der Waals surface area contributed by atoms with Gasteiger partial charge in [0.05, 0.1) is 24.2 Å². The lowest BCUT2D eigenvalue weighted by molar-refractivity contribution is 0.0363. The van der Waals surface area contributed by atoms with Crippen molar-refractivity contribution in [3.8, 4) is 0 Å². The molecule has 0 aromatic carbocycles. The largest absolute Gasteiger partial charge is 0.379 e. The van der Waals surface area contributed by atoms with Crippen molar-refractivity contribution in [1.29, 1.82) is 5.41 Å². The van der Waals surface area contributed by atoms with Crippen LogP contribution in [0.1, 0.15) is 10.4 Å². The Kier molecular flexibility index (Phi) is 4.46. The lowest BCUT2D eigenvalue weighted by atomic mass is 10.2. The number of pyridine rings is 2. The van der Waals surface area contributed by atoms with E-state index in [1.807, 2.05) is 0 Å². The third kappa shape index (κ3) is 3.11. The molecule has 9 heteroatoms. The third-order valence-corrected chi connectivity index (χ3v) is 4.83. The number of carbonyl (C=O) groups excluding carboxylic acids is 1. The summed E-state index contributed by atoms with van der Waals surface area (Å²) in [5.74, 6) is -0.736. The van der Waals surface area contributed by atoms with Crippen LogP contribution in [0.5, 0.6) is 0 Å². The number of aromatic nitrogens is 3. The van der Waals surface area contributed by atoms with Crippen molar-refractivity contribution < 1.29 is 9.53 Å². The summed E-state index contributed by atoms with van der Waals surface area (Å²) in [6.45, 7) is 4.04. The minimum atomic E-state index is -0.736. The number of hydrogen-bond acceptors (Lipinski definition) is 6. The van der Waals surface area contributed by atoms with Crippen molar-refractivity contribution >= 4 is 22.6 Å². The summed E-state index contributed by atoms with van der Waals surface area (Å²) >= 11 is 0. The zero-order valence-electron chi connectivity index (χ0n) is 14.7. The summed E-state index contributed by atoms with van der Waals surface area (Å²) < 4.78 is 8.37. The van der Waals surface area contributed by atoms with Crippen LogP contribution >= 0.6 is 0 Å². The molecule has 4 heterocycles. The Bertz CT molecular complexity index is 1140. The van der Waals surface area contributed by atoms with Crippen molar-refractivity contribution in [2.24, 2.45) is 5.73 Å². The van der Waals surface area contributed by atoms with Crippen molar-refractivity contribution in [3.63, 3.8) is 0 Å². The topological polar surface area (TPSA) is 119 Å². The predicted molar refractivity (Wildman–Crippen MR) is 98.6 cm³/mol. The van der Waals surface area contributed by atoms with Gasteiger partial charge in [-0.05, 0) is 18.2 Å². The Labute approximate surface area is 154 Å². The van der Waals surface area contributed by atoms with E-state index in [9.17, 15) is 9.59 Å². The SMILES string of the molecule is N=c1c(C(N)=O)cc2c(=O)n3ccccc3nc2n1CCN1CCOCC1. The van der Waals surface area contributed by atoms with Crippen LogP contribution in [0.4, 0.5) is 0 Å². The fraction of sp³-hybridized carbons (Fsp3) is 0.333. The van der Waals surface area contributed by atoms with E-state index in [4.69, 9.17) is 15.9 Å². The number of rotatable bonds is 4. The molecular formula is C18H20N6O3. The Morgan fingerprint density at radius 2 is 2.04 bits per heavy atom. The molecule has 0 radical (unpaired) electrons. The Hall–Kier alpha value is -3.04. The van der Waals surface area contributed by atoms with Gasteiger partial charge in [-0.25, -0.2) is 4.98 Å². The average molecular weight is 368 g/mol. The van der Waals surface area contributed by atoms with Crippen molar-refractivity contribution in [2.75, 3.05) is 32.8 Å². The number of primary amides is 1. The molecule has 3 N–H and O–H groups in total. The number of nitrogens with two attached hydrogens (primary N) is 1. The van der Waals surface area contributed by atoms with Crippen molar-refractivity contribution in [2.45, 2.75) is 6.54 Å². The number of hydrogen-bond donors (Lipinski definition) is 2. The van der Waals surface area contributed by atoms with Crippen LogP contribution in [-0.4, -0.2) is 57.6 Å². The number of morpholine rings is 1. The Morgan fingerprint density at radius 1 is 1.26 bits per heavy atom. The van der Waals surface area contributed by atoms with Gasteiger partial charge in [-0.2, -0.15) is 0 Å². The second kappa shape index (κ2) is 6.93. The fourth-order valence-electron chi connectivity index (χ4n) is 3.36. The summed E-state index contributed by atoms with van der Waals surface area (Å²) in [4.78, 5) is 31.5. The Balaban J connectivity index is 1.91. The highest BCUT2D eigenvalue weighted by Gasteiger charge is 2.17. The number of fused-ring (bicyclic) bond motifs is 2. The molecule has 1 aliphatic heterocycles. The molecule has 3 aromatic heterocycles. The van der Waals surface area contributed by atoms with Crippen LogP contribution in [0.3, 0.4) is 0 Å². The molecular weight excluding hydrogens is 348 g/mol. The maximum atomic E-state index is 12.9. The number of nitrogens with zero attached hydrogens (tertiary/aromatic N) is 4.